The van der Waals surface area contributed by atoms with Crippen molar-refractivity contribution in [1.82, 2.24) is 15.0 Å². The van der Waals surface area contributed by atoms with Gasteiger partial charge in [-0.05, 0) is 42.7 Å². The van der Waals surface area contributed by atoms with E-state index in [0.29, 0.717) is 23.7 Å². The first-order valence-corrected chi connectivity index (χ1v) is 10.2. The zero-order chi connectivity index (χ0) is 22.6. The molecule has 1 aliphatic rings. The fourth-order valence-corrected chi connectivity index (χ4v) is 4.42. The molecule has 5 rings (SSSR count). The minimum absolute atomic E-state index is 0.0515. The number of aromatic nitrogens is 3. The van der Waals surface area contributed by atoms with Crippen LogP contribution in [0.1, 0.15) is 34.1 Å². The number of rotatable bonds is 2. The summed E-state index contributed by atoms with van der Waals surface area (Å²) in [5.41, 5.74) is 2.21. The maximum atomic E-state index is 15.2. The van der Waals surface area contributed by atoms with Gasteiger partial charge in [0.2, 0.25) is 5.95 Å². The molecular weight excluding hydrogens is 439 g/mol. The minimum Gasteiger partial charge on any atom is -0.356 e. The van der Waals surface area contributed by atoms with E-state index in [2.05, 4.69) is 15.0 Å². The molecule has 2 aromatic heterocycles. The number of nitriles is 1. The Kier molecular flexibility index (Phi) is 4.79. The summed E-state index contributed by atoms with van der Waals surface area (Å²) in [6.45, 7) is 1.82. The van der Waals surface area contributed by atoms with Crippen molar-refractivity contribution in [3.63, 3.8) is 0 Å². The molecule has 0 aliphatic carbocycles. The van der Waals surface area contributed by atoms with E-state index in [1.807, 2.05) is 12.1 Å². The van der Waals surface area contributed by atoms with Crippen LogP contribution < -0.4 is 4.90 Å². The quantitative estimate of drug-likeness (QED) is 0.443. The highest BCUT2D eigenvalue weighted by Crippen LogP contribution is 2.41. The van der Waals surface area contributed by atoms with Gasteiger partial charge in [0, 0.05) is 33.7 Å². The lowest BCUT2D eigenvalue weighted by Gasteiger charge is -2.36. The summed E-state index contributed by atoms with van der Waals surface area (Å²) in [5.74, 6) is -2.72. The molecule has 9 heteroatoms. The van der Waals surface area contributed by atoms with Crippen molar-refractivity contribution < 1.29 is 13.2 Å². The predicted octanol–water partition coefficient (Wildman–Crippen LogP) is 5.36. The number of aromatic amines is 1. The SMILES string of the molecule is Cc1ccc([C@H]2c3[nH]c4ccc(Cl)cc4c3CCN2c2ncc(F)c(C#N)n2)c(F)c1F. The number of hydrogen-bond acceptors (Lipinski definition) is 4. The third kappa shape index (κ3) is 3.09. The highest BCUT2D eigenvalue weighted by Gasteiger charge is 2.36. The van der Waals surface area contributed by atoms with E-state index < -0.39 is 29.2 Å². The van der Waals surface area contributed by atoms with Crippen molar-refractivity contribution in [2.45, 2.75) is 19.4 Å². The Labute approximate surface area is 186 Å². The van der Waals surface area contributed by atoms with Gasteiger partial charge in [-0.3, -0.25) is 0 Å². The largest absolute Gasteiger partial charge is 0.356 e. The highest BCUT2D eigenvalue weighted by atomic mass is 35.5. The van der Waals surface area contributed by atoms with Gasteiger partial charge in [0.05, 0.1) is 6.20 Å². The van der Waals surface area contributed by atoms with Gasteiger partial charge in [-0.25, -0.2) is 18.2 Å². The van der Waals surface area contributed by atoms with E-state index in [-0.39, 0.29) is 17.1 Å². The first kappa shape index (κ1) is 20.3. The summed E-state index contributed by atoms with van der Waals surface area (Å²) >= 11 is 6.19. The number of benzene rings is 2. The van der Waals surface area contributed by atoms with Gasteiger partial charge in [0.25, 0.3) is 0 Å². The van der Waals surface area contributed by atoms with Crippen LogP contribution in [0.15, 0.2) is 36.5 Å². The minimum atomic E-state index is -0.979. The third-order valence-electron chi connectivity index (χ3n) is 5.78. The van der Waals surface area contributed by atoms with E-state index in [1.54, 1.807) is 17.0 Å². The molecule has 32 heavy (non-hydrogen) atoms. The van der Waals surface area contributed by atoms with Crippen LogP contribution in [0.5, 0.6) is 0 Å². The van der Waals surface area contributed by atoms with Crippen molar-refractivity contribution in [3.8, 4) is 6.07 Å². The molecule has 5 nitrogen and oxygen atoms in total. The smallest absolute Gasteiger partial charge is 0.227 e. The van der Waals surface area contributed by atoms with Gasteiger partial charge in [-0.2, -0.15) is 10.2 Å². The van der Waals surface area contributed by atoms with Crippen molar-refractivity contribution in [3.05, 3.63) is 87.1 Å². The Morgan fingerprint density at radius 3 is 2.78 bits per heavy atom. The molecule has 0 spiro atoms. The summed E-state index contributed by atoms with van der Waals surface area (Å²) in [5, 5.41) is 10.6. The average Bonchev–Trinajstić information content (AvgIpc) is 3.15. The molecule has 0 bridgehead atoms. The van der Waals surface area contributed by atoms with Gasteiger partial charge >= 0.3 is 0 Å². The zero-order valence-electron chi connectivity index (χ0n) is 16.8. The normalized spacial score (nSPS) is 15.6. The second-order valence-corrected chi connectivity index (χ2v) is 8.07. The lowest BCUT2D eigenvalue weighted by molar-refractivity contribution is 0.480. The molecule has 3 heterocycles. The third-order valence-corrected chi connectivity index (χ3v) is 6.02. The maximum absolute atomic E-state index is 15.2. The number of nitrogens with one attached hydrogen (secondary N) is 1. The molecule has 0 amide bonds. The standard InChI is InChI=1S/C23H15ClF3N5/c1-11-2-4-14(20(27)19(11)26)22-21-13(15-8-12(24)3-5-17(15)30-21)6-7-32(22)23-29-10-16(25)18(9-28)31-23/h2-5,8,10,22,30H,6-7H2,1H3/t22-/m0/s1. The second-order valence-electron chi connectivity index (χ2n) is 7.63. The number of nitrogens with zero attached hydrogens (tertiary/aromatic N) is 4. The van der Waals surface area contributed by atoms with E-state index in [9.17, 15) is 14.0 Å². The fourth-order valence-electron chi connectivity index (χ4n) is 4.25. The van der Waals surface area contributed by atoms with Crippen molar-refractivity contribution >= 4 is 28.5 Å². The predicted molar refractivity (Wildman–Crippen MR) is 114 cm³/mol. The molecule has 1 aliphatic heterocycles. The fraction of sp³-hybridized carbons (Fsp3) is 0.174. The Balaban J connectivity index is 1.76. The second kappa shape index (κ2) is 7.53. The summed E-state index contributed by atoms with van der Waals surface area (Å²) in [7, 11) is 0. The molecular formula is C23H15ClF3N5. The molecule has 2 aromatic carbocycles. The Hall–Kier alpha value is -3.57. The molecule has 0 unspecified atom stereocenters. The Bertz CT molecular complexity index is 1430. The molecule has 1 atom stereocenters. The van der Waals surface area contributed by atoms with Gasteiger partial charge in [-0.1, -0.05) is 23.7 Å². The van der Waals surface area contributed by atoms with Gasteiger partial charge in [-0.15, -0.1) is 0 Å². The molecule has 0 radical (unpaired) electrons. The van der Waals surface area contributed by atoms with Gasteiger partial charge < -0.3 is 9.88 Å². The van der Waals surface area contributed by atoms with Crippen LogP contribution >= 0.6 is 11.6 Å². The zero-order valence-corrected chi connectivity index (χ0v) is 17.5. The average molecular weight is 454 g/mol. The van der Waals surface area contributed by atoms with E-state index in [0.717, 1.165) is 22.7 Å². The first-order valence-electron chi connectivity index (χ1n) is 9.82. The van der Waals surface area contributed by atoms with Crippen LogP contribution in [0.3, 0.4) is 0 Å². The van der Waals surface area contributed by atoms with Gasteiger partial charge in [0.1, 0.15) is 12.1 Å². The van der Waals surface area contributed by atoms with Crippen molar-refractivity contribution in [2.24, 2.45) is 0 Å². The van der Waals surface area contributed by atoms with Crippen LogP contribution in [0.4, 0.5) is 19.1 Å². The first-order chi connectivity index (χ1) is 15.4. The van der Waals surface area contributed by atoms with E-state index >= 15 is 4.39 Å². The number of anilines is 1. The van der Waals surface area contributed by atoms with Crippen LogP contribution in [-0.2, 0) is 6.42 Å². The molecule has 160 valence electrons. The lowest BCUT2D eigenvalue weighted by Crippen LogP contribution is -2.38. The van der Waals surface area contributed by atoms with Gasteiger partial charge in [0.15, 0.2) is 23.1 Å². The lowest BCUT2D eigenvalue weighted by atomic mass is 9.91. The molecule has 1 N–H and O–H groups in total. The number of H-pyrrole nitrogens is 1. The van der Waals surface area contributed by atoms with E-state index in [4.69, 9.17) is 11.6 Å². The van der Waals surface area contributed by atoms with Crippen LogP contribution in [-0.4, -0.2) is 21.5 Å². The number of aryl methyl sites for hydroxylation is 1. The molecule has 4 aromatic rings. The number of halogens is 4. The number of hydrogen-bond donors (Lipinski definition) is 1. The summed E-state index contributed by atoms with van der Waals surface area (Å²) in [6, 6.07) is 9.29. The van der Waals surface area contributed by atoms with Crippen LogP contribution in [0, 0.1) is 35.7 Å². The van der Waals surface area contributed by atoms with E-state index in [1.165, 1.54) is 19.1 Å². The Morgan fingerprint density at radius 2 is 2.00 bits per heavy atom. The number of fused-ring (bicyclic) bond motifs is 3. The van der Waals surface area contributed by atoms with Crippen LogP contribution in [0.2, 0.25) is 5.02 Å². The van der Waals surface area contributed by atoms with Crippen LogP contribution in [0.25, 0.3) is 10.9 Å². The molecule has 0 fully saturated rings. The van der Waals surface area contributed by atoms with Crippen molar-refractivity contribution in [2.75, 3.05) is 11.4 Å². The summed E-state index contributed by atoms with van der Waals surface area (Å²) in [4.78, 5) is 13.0. The monoisotopic (exact) mass is 453 g/mol. The summed E-state index contributed by atoms with van der Waals surface area (Å²) in [6.07, 6.45) is 1.44. The Morgan fingerprint density at radius 1 is 1.19 bits per heavy atom. The topological polar surface area (TPSA) is 68.6 Å². The molecule has 0 saturated carbocycles. The maximum Gasteiger partial charge on any atom is 0.227 e. The molecule has 0 saturated heterocycles. The highest BCUT2D eigenvalue weighted by molar-refractivity contribution is 6.31. The summed E-state index contributed by atoms with van der Waals surface area (Å²) < 4.78 is 43.5. The van der Waals surface area contributed by atoms with Crippen molar-refractivity contribution in [1.29, 1.82) is 5.26 Å².